The Labute approximate surface area is 108 Å². The first kappa shape index (κ1) is 14.6. The fraction of sp³-hybridized carbons (Fsp3) is 0.846. The first-order chi connectivity index (χ1) is 8.06. The summed E-state index contributed by atoms with van der Waals surface area (Å²) < 4.78 is 0. The summed E-state index contributed by atoms with van der Waals surface area (Å²) in [5.74, 6) is 2.05. The lowest BCUT2D eigenvalue weighted by Crippen LogP contribution is -2.30. The van der Waals surface area contributed by atoms with E-state index in [9.17, 15) is 9.59 Å². The van der Waals surface area contributed by atoms with Crippen molar-refractivity contribution >= 4 is 22.8 Å². The van der Waals surface area contributed by atoms with Gasteiger partial charge in [-0.25, -0.2) is 0 Å². The van der Waals surface area contributed by atoms with Gasteiger partial charge in [0, 0.05) is 32.2 Å². The first-order valence-corrected chi connectivity index (χ1v) is 7.46. The largest absolute Gasteiger partial charge is 0.342 e. The van der Waals surface area contributed by atoms with E-state index in [1.165, 1.54) is 11.8 Å². The molecule has 0 aliphatic carbocycles. The monoisotopic (exact) mass is 257 g/mol. The molecule has 0 saturated carbocycles. The minimum absolute atomic E-state index is 0.149. The van der Waals surface area contributed by atoms with Crippen molar-refractivity contribution in [3.05, 3.63) is 0 Å². The van der Waals surface area contributed by atoms with Gasteiger partial charge in [-0.15, -0.1) is 0 Å². The predicted octanol–water partition coefficient (Wildman–Crippen LogP) is 2.55. The van der Waals surface area contributed by atoms with E-state index in [0.717, 1.165) is 31.7 Å². The van der Waals surface area contributed by atoms with Gasteiger partial charge in [0.2, 0.25) is 5.91 Å². The third kappa shape index (κ3) is 4.70. The van der Waals surface area contributed by atoms with Crippen LogP contribution in [0, 0.1) is 11.8 Å². The summed E-state index contributed by atoms with van der Waals surface area (Å²) in [6.07, 6.45) is 2.89. The number of likely N-dealkylation sites (tertiary alicyclic amines) is 1. The zero-order valence-corrected chi connectivity index (χ0v) is 11.9. The predicted molar refractivity (Wildman–Crippen MR) is 71.9 cm³/mol. The number of amides is 1. The molecule has 0 spiro atoms. The van der Waals surface area contributed by atoms with Crippen LogP contribution in [-0.2, 0) is 9.59 Å². The Hall–Kier alpha value is -0.510. The minimum Gasteiger partial charge on any atom is -0.342 e. The Morgan fingerprint density at radius 3 is 2.65 bits per heavy atom. The van der Waals surface area contributed by atoms with E-state index in [0.29, 0.717) is 18.3 Å². The molecule has 1 rings (SSSR count). The SMILES string of the molecule is CCC(CC)CN1CC(CSC(C)=O)CC1=O. The molecule has 1 aliphatic rings. The van der Waals surface area contributed by atoms with Gasteiger partial charge in [-0.2, -0.15) is 0 Å². The topological polar surface area (TPSA) is 37.4 Å². The molecule has 4 heteroatoms. The third-order valence-corrected chi connectivity index (χ3v) is 4.49. The Morgan fingerprint density at radius 2 is 2.12 bits per heavy atom. The van der Waals surface area contributed by atoms with Crippen molar-refractivity contribution in [2.24, 2.45) is 11.8 Å². The van der Waals surface area contributed by atoms with Crippen LogP contribution in [0.2, 0.25) is 0 Å². The number of nitrogens with zero attached hydrogens (tertiary/aromatic N) is 1. The number of hydrogen-bond acceptors (Lipinski definition) is 3. The number of rotatable bonds is 6. The highest BCUT2D eigenvalue weighted by molar-refractivity contribution is 8.13. The molecular weight excluding hydrogens is 234 g/mol. The van der Waals surface area contributed by atoms with Crippen LogP contribution >= 0.6 is 11.8 Å². The van der Waals surface area contributed by atoms with Crippen molar-refractivity contribution in [1.82, 2.24) is 4.90 Å². The van der Waals surface area contributed by atoms with Crippen molar-refractivity contribution in [3.8, 4) is 0 Å². The standard InChI is InChI=1S/C13H23NO2S/c1-4-11(5-2)7-14-8-12(6-13(14)16)9-17-10(3)15/h11-12H,4-9H2,1-3H3. The third-order valence-electron chi connectivity index (χ3n) is 3.45. The highest BCUT2D eigenvalue weighted by atomic mass is 32.2. The Morgan fingerprint density at radius 1 is 1.47 bits per heavy atom. The lowest BCUT2D eigenvalue weighted by Gasteiger charge is -2.22. The number of hydrogen-bond donors (Lipinski definition) is 0. The van der Waals surface area contributed by atoms with Crippen molar-refractivity contribution in [3.63, 3.8) is 0 Å². The van der Waals surface area contributed by atoms with Crippen LogP contribution in [0.15, 0.2) is 0 Å². The second-order valence-corrected chi connectivity index (χ2v) is 6.05. The molecule has 0 N–H and O–H groups in total. The van der Waals surface area contributed by atoms with Crippen molar-refractivity contribution in [2.75, 3.05) is 18.8 Å². The average molecular weight is 257 g/mol. The van der Waals surface area contributed by atoms with Gasteiger partial charge < -0.3 is 4.90 Å². The van der Waals surface area contributed by atoms with Crippen molar-refractivity contribution < 1.29 is 9.59 Å². The van der Waals surface area contributed by atoms with E-state index in [2.05, 4.69) is 13.8 Å². The molecule has 3 nitrogen and oxygen atoms in total. The molecule has 0 aromatic rings. The summed E-state index contributed by atoms with van der Waals surface area (Å²) in [6.45, 7) is 7.68. The molecule has 1 saturated heterocycles. The quantitative estimate of drug-likeness (QED) is 0.734. The zero-order chi connectivity index (χ0) is 12.8. The van der Waals surface area contributed by atoms with Crippen LogP contribution < -0.4 is 0 Å². The second kappa shape index (κ2) is 7.04. The van der Waals surface area contributed by atoms with Crippen LogP contribution in [0.1, 0.15) is 40.0 Å². The van der Waals surface area contributed by atoms with Gasteiger partial charge in [-0.3, -0.25) is 9.59 Å². The van der Waals surface area contributed by atoms with Gasteiger partial charge in [0.05, 0.1) is 0 Å². The van der Waals surface area contributed by atoms with Crippen LogP contribution in [0.4, 0.5) is 0 Å². The summed E-state index contributed by atoms with van der Waals surface area (Å²) in [5, 5.41) is 0.149. The van der Waals surface area contributed by atoms with E-state index in [4.69, 9.17) is 0 Å². The molecule has 1 aliphatic heterocycles. The fourth-order valence-corrected chi connectivity index (χ4v) is 2.93. The molecule has 1 amide bonds. The summed E-state index contributed by atoms with van der Waals surface area (Å²) in [5.41, 5.74) is 0. The normalized spacial score (nSPS) is 20.4. The number of thioether (sulfide) groups is 1. The smallest absolute Gasteiger partial charge is 0.222 e. The molecular formula is C13H23NO2S. The molecule has 17 heavy (non-hydrogen) atoms. The summed E-state index contributed by atoms with van der Waals surface area (Å²) >= 11 is 1.35. The summed E-state index contributed by atoms with van der Waals surface area (Å²) in [6, 6.07) is 0. The average Bonchev–Trinajstić information content (AvgIpc) is 2.64. The molecule has 98 valence electrons. The minimum atomic E-state index is 0.149. The Kier molecular flexibility index (Phi) is 6.03. The molecule has 1 fully saturated rings. The first-order valence-electron chi connectivity index (χ1n) is 6.47. The number of carbonyl (C=O) groups excluding carboxylic acids is 2. The van der Waals surface area contributed by atoms with Crippen LogP contribution in [0.5, 0.6) is 0 Å². The Bertz CT molecular complexity index is 277. The highest BCUT2D eigenvalue weighted by Gasteiger charge is 2.30. The van der Waals surface area contributed by atoms with E-state index >= 15 is 0 Å². The molecule has 1 heterocycles. The highest BCUT2D eigenvalue weighted by Crippen LogP contribution is 2.24. The lowest BCUT2D eigenvalue weighted by atomic mass is 10.0. The van der Waals surface area contributed by atoms with Crippen LogP contribution in [0.3, 0.4) is 0 Å². The maximum atomic E-state index is 11.8. The van der Waals surface area contributed by atoms with E-state index in [1.54, 1.807) is 6.92 Å². The molecule has 1 unspecified atom stereocenters. The van der Waals surface area contributed by atoms with E-state index < -0.39 is 0 Å². The van der Waals surface area contributed by atoms with E-state index in [1.807, 2.05) is 4.90 Å². The molecule has 0 bridgehead atoms. The van der Waals surface area contributed by atoms with Gasteiger partial charge in [-0.05, 0) is 11.8 Å². The van der Waals surface area contributed by atoms with Gasteiger partial charge in [-0.1, -0.05) is 38.5 Å². The summed E-state index contributed by atoms with van der Waals surface area (Å²) in [4.78, 5) is 24.7. The molecule has 0 aromatic heterocycles. The maximum absolute atomic E-state index is 11.8. The van der Waals surface area contributed by atoms with E-state index in [-0.39, 0.29) is 11.0 Å². The molecule has 0 aromatic carbocycles. The lowest BCUT2D eigenvalue weighted by molar-refractivity contribution is -0.128. The van der Waals surface area contributed by atoms with Crippen LogP contribution in [-0.4, -0.2) is 34.8 Å². The second-order valence-electron chi connectivity index (χ2n) is 4.85. The van der Waals surface area contributed by atoms with Gasteiger partial charge in [0.15, 0.2) is 5.12 Å². The zero-order valence-electron chi connectivity index (χ0n) is 11.1. The Balaban J connectivity index is 2.38. The molecule has 1 atom stereocenters. The van der Waals surface area contributed by atoms with Crippen molar-refractivity contribution in [1.29, 1.82) is 0 Å². The molecule has 0 radical (unpaired) electrons. The van der Waals surface area contributed by atoms with Gasteiger partial charge >= 0.3 is 0 Å². The van der Waals surface area contributed by atoms with Crippen LogP contribution in [0.25, 0.3) is 0 Å². The fourth-order valence-electron chi connectivity index (χ4n) is 2.24. The van der Waals surface area contributed by atoms with Gasteiger partial charge in [0.25, 0.3) is 0 Å². The number of carbonyl (C=O) groups is 2. The van der Waals surface area contributed by atoms with Gasteiger partial charge in [0.1, 0.15) is 0 Å². The summed E-state index contributed by atoms with van der Waals surface area (Å²) in [7, 11) is 0. The maximum Gasteiger partial charge on any atom is 0.222 e. The van der Waals surface area contributed by atoms with Crippen molar-refractivity contribution in [2.45, 2.75) is 40.0 Å².